The molecule has 3 saturated carbocycles. The molecule has 0 heterocycles. The Labute approximate surface area is 132 Å². The highest BCUT2D eigenvalue weighted by molar-refractivity contribution is 5.92. The second-order valence-electron chi connectivity index (χ2n) is 8.42. The number of aliphatic hydroxyl groups is 1. The molecule has 3 nitrogen and oxygen atoms in total. The van der Waals surface area contributed by atoms with Crippen molar-refractivity contribution in [1.29, 1.82) is 0 Å². The van der Waals surface area contributed by atoms with Crippen molar-refractivity contribution in [1.82, 2.24) is 0 Å². The molecule has 0 spiro atoms. The number of Topliss-reactive ketones (excluding diaryl/α,β-unsaturated/α-hetero) is 1. The summed E-state index contributed by atoms with van der Waals surface area (Å²) in [6.07, 6.45) is 7.37. The molecule has 3 fully saturated rings. The summed E-state index contributed by atoms with van der Waals surface area (Å²) in [5.74, 6) is 1.98. The maximum atomic E-state index is 12.4. The monoisotopic (exact) mass is 302 g/mol. The number of hydrogen-bond acceptors (Lipinski definition) is 3. The van der Waals surface area contributed by atoms with Gasteiger partial charge in [-0.1, -0.05) is 13.8 Å². The quantitative estimate of drug-likeness (QED) is 0.748. The van der Waals surface area contributed by atoms with E-state index in [0.29, 0.717) is 30.5 Å². The number of rotatable bonds is 0. The van der Waals surface area contributed by atoms with Crippen molar-refractivity contribution in [3.63, 3.8) is 0 Å². The fourth-order valence-corrected chi connectivity index (χ4v) is 6.31. The molecule has 0 saturated heterocycles. The third kappa shape index (κ3) is 1.72. The maximum absolute atomic E-state index is 12.4. The Bertz CT molecular complexity index is 577. The smallest absolute Gasteiger partial charge is 0.155 e. The van der Waals surface area contributed by atoms with Gasteiger partial charge >= 0.3 is 0 Å². The predicted octanol–water partition coefficient (Wildman–Crippen LogP) is 3.06. The summed E-state index contributed by atoms with van der Waals surface area (Å²) in [6.45, 7) is 4.31. The zero-order valence-electron chi connectivity index (χ0n) is 13.6. The van der Waals surface area contributed by atoms with Gasteiger partial charge in [-0.2, -0.15) is 0 Å². The number of fused-ring (bicyclic) bond motifs is 5. The van der Waals surface area contributed by atoms with Crippen LogP contribution in [0.2, 0.25) is 0 Å². The average molecular weight is 302 g/mol. The predicted molar refractivity (Wildman–Crippen MR) is 83.1 cm³/mol. The van der Waals surface area contributed by atoms with Crippen molar-refractivity contribution >= 4 is 11.6 Å². The fraction of sp³-hybridized carbons (Fsp3) is 0.789. The Morgan fingerprint density at radius 1 is 1.14 bits per heavy atom. The van der Waals surface area contributed by atoms with Crippen LogP contribution in [-0.4, -0.2) is 22.3 Å². The van der Waals surface area contributed by atoms with Crippen LogP contribution in [0.3, 0.4) is 0 Å². The number of carbonyl (C=O) groups excluding carboxylic acids is 2. The molecule has 0 aromatic heterocycles. The molecule has 0 radical (unpaired) electrons. The molecule has 0 amide bonds. The molecule has 4 aliphatic carbocycles. The maximum Gasteiger partial charge on any atom is 0.155 e. The summed E-state index contributed by atoms with van der Waals surface area (Å²) in [5, 5.41) is 11.4. The van der Waals surface area contributed by atoms with Gasteiger partial charge < -0.3 is 5.11 Å². The molecule has 3 heteroatoms. The van der Waals surface area contributed by atoms with Crippen LogP contribution in [0.5, 0.6) is 0 Å². The van der Waals surface area contributed by atoms with E-state index in [1.54, 1.807) is 6.08 Å². The van der Waals surface area contributed by atoms with Crippen LogP contribution in [-0.2, 0) is 9.59 Å². The zero-order chi connectivity index (χ0) is 15.7. The van der Waals surface area contributed by atoms with E-state index in [2.05, 4.69) is 13.8 Å². The SMILES string of the molecule is C[C@H]1C[C@@H]2[C@H](CC[C@]3(C)C(=O)CC[C@@H]23)C2(O)CCC(=O)C=C12. The summed E-state index contributed by atoms with van der Waals surface area (Å²) < 4.78 is 0. The van der Waals surface area contributed by atoms with Crippen LogP contribution in [0.4, 0.5) is 0 Å². The van der Waals surface area contributed by atoms with Crippen LogP contribution in [0.1, 0.15) is 58.8 Å². The first-order valence-corrected chi connectivity index (χ1v) is 8.87. The lowest BCUT2D eigenvalue weighted by atomic mass is 9.49. The largest absolute Gasteiger partial charge is 0.385 e. The number of hydrogen-bond donors (Lipinski definition) is 1. The Morgan fingerprint density at radius 3 is 2.68 bits per heavy atom. The van der Waals surface area contributed by atoms with Gasteiger partial charge in [0.05, 0.1) is 5.60 Å². The van der Waals surface area contributed by atoms with Crippen molar-refractivity contribution < 1.29 is 14.7 Å². The van der Waals surface area contributed by atoms with Gasteiger partial charge in [0.1, 0.15) is 5.78 Å². The highest BCUT2D eigenvalue weighted by Gasteiger charge is 2.61. The summed E-state index contributed by atoms with van der Waals surface area (Å²) in [7, 11) is 0. The summed E-state index contributed by atoms with van der Waals surface area (Å²) in [6, 6.07) is 0. The van der Waals surface area contributed by atoms with Crippen LogP contribution >= 0.6 is 0 Å². The van der Waals surface area contributed by atoms with Crippen molar-refractivity contribution in [3.05, 3.63) is 11.6 Å². The van der Waals surface area contributed by atoms with E-state index in [1.807, 2.05) is 0 Å². The standard InChI is InChI=1S/C19H26O3/c1-11-9-13-14-3-4-17(21)18(14,2)7-6-15(13)19(22)8-5-12(20)10-16(11)19/h10-11,13-15,22H,3-9H2,1-2H3/t11-,13-,14-,15-,18-,19?/m0/s1. The third-order valence-electron chi connectivity index (χ3n) is 7.49. The first kappa shape index (κ1) is 14.6. The highest BCUT2D eigenvalue weighted by Crippen LogP contribution is 2.62. The van der Waals surface area contributed by atoms with E-state index in [9.17, 15) is 14.7 Å². The lowest BCUT2D eigenvalue weighted by molar-refractivity contribution is -0.141. The summed E-state index contributed by atoms with van der Waals surface area (Å²) in [5.41, 5.74) is 0.0459. The highest BCUT2D eigenvalue weighted by atomic mass is 16.3. The van der Waals surface area contributed by atoms with Crippen molar-refractivity contribution in [2.24, 2.45) is 29.1 Å². The third-order valence-corrected chi connectivity index (χ3v) is 7.49. The molecule has 0 bridgehead atoms. The molecule has 6 atom stereocenters. The van der Waals surface area contributed by atoms with E-state index in [1.165, 1.54) is 0 Å². The van der Waals surface area contributed by atoms with Gasteiger partial charge in [0.2, 0.25) is 0 Å². The molecule has 120 valence electrons. The Kier molecular flexibility index (Phi) is 3.01. The van der Waals surface area contributed by atoms with Gasteiger partial charge in [0, 0.05) is 18.3 Å². The zero-order valence-corrected chi connectivity index (χ0v) is 13.6. The fourth-order valence-electron chi connectivity index (χ4n) is 6.31. The Morgan fingerprint density at radius 2 is 1.91 bits per heavy atom. The molecule has 4 rings (SSSR count). The van der Waals surface area contributed by atoms with E-state index < -0.39 is 5.60 Å². The van der Waals surface area contributed by atoms with Crippen molar-refractivity contribution in [3.8, 4) is 0 Å². The second-order valence-corrected chi connectivity index (χ2v) is 8.42. The van der Waals surface area contributed by atoms with Crippen molar-refractivity contribution in [2.75, 3.05) is 0 Å². The molecule has 4 aliphatic rings. The lowest BCUT2D eigenvalue weighted by Gasteiger charge is -2.57. The molecule has 0 aromatic carbocycles. The minimum atomic E-state index is -0.788. The van der Waals surface area contributed by atoms with Crippen LogP contribution < -0.4 is 0 Å². The Hall–Kier alpha value is -0.960. The molecule has 1 N–H and O–H groups in total. The molecule has 22 heavy (non-hydrogen) atoms. The molecular formula is C19H26O3. The molecule has 0 aromatic rings. The number of carbonyl (C=O) groups is 2. The van der Waals surface area contributed by atoms with Crippen LogP contribution in [0.15, 0.2) is 11.6 Å². The van der Waals surface area contributed by atoms with Gasteiger partial charge in [-0.05, 0) is 67.4 Å². The lowest BCUT2D eigenvalue weighted by Crippen LogP contribution is -2.57. The first-order valence-electron chi connectivity index (χ1n) is 8.87. The second kappa shape index (κ2) is 4.53. The van der Waals surface area contributed by atoms with Gasteiger partial charge in [-0.15, -0.1) is 0 Å². The van der Waals surface area contributed by atoms with Gasteiger partial charge in [0.15, 0.2) is 5.78 Å². The molecular weight excluding hydrogens is 276 g/mol. The van der Waals surface area contributed by atoms with E-state index in [4.69, 9.17) is 0 Å². The summed E-state index contributed by atoms with van der Waals surface area (Å²) >= 11 is 0. The van der Waals surface area contributed by atoms with Gasteiger partial charge in [0.25, 0.3) is 0 Å². The average Bonchev–Trinajstić information content (AvgIpc) is 2.77. The van der Waals surface area contributed by atoms with Crippen molar-refractivity contribution in [2.45, 2.75) is 64.4 Å². The summed E-state index contributed by atoms with van der Waals surface area (Å²) in [4.78, 5) is 24.2. The normalized spacial score (nSPS) is 51.0. The van der Waals surface area contributed by atoms with Crippen LogP contribution in [0, 0.1) is 29.1 Å². The number of ketones is 2. The Balaban J connectivity index is 1.74. The molecule has 0 aliphatic heterocycles. The van der Waals surface area contributed by atoms with E-state index >= 15 is 0 Å². The minimum absolute atomic E-state index is 0.150. The first-order chi connectivity index (χ1) is 10.4. The van der Waals surface area contributed by atoms with E-state index in [-0.39, 0.29) is 23.0 Å². The topological polar surface area (TPSA) is 54.4 Å². The van der Waals surface area contributed by atoms with Gasteiger partial charge in [-0.3, -0.25) is 9.59 Å². The molecule has 1 unspecified atom stereocenters. The van der Waals surface area contributed by atoms with E-state index in [0.717, 1.165) is 37.7 Å². The van der Waals surface area contributed by atoms with Crippen LogP contribution in [0.25, 0.3) is 0 Å². The van der Waals surface area contributed by atoms with Gasteiger partial charge in [-0.25, -0.2) is 0 Å². The minimum Gasteiger partial charge on any atom is -0.385 e.